The number of carbonyl (C=O) groups is 2. The van der Waals surface area contributed by atoms with E-state index in [1.165, 1.54) is 17.0 Å². The summed E-state index contributed by atoms with van der Waals surface area (Å²) in [5, 5.41) is 8.63. The van der Waals surface area contributed by atoms with E-state index in [1.807, 2.05) is 6.07 Å². The Morgan fingerprint density at radius 3 is 2.90 bits per heavy atom. The van der Waals surface area contributed by atoms with Crippen molar-refractivity contribution in [3.63, 3.8) is 0 Å². The first-order valence-electron chi connectivity index (χ1n) is 6.10. The summed E-state index contributed by atoms with van der Waals surface area (Å²) < 4.78 is 18.6. The molecule has 0 bridgehead atoms. The molecule has 0 N–H and O–H groups in total. The van der Waals surface area contributed by atoms with Gasteiger partial charge >= 0.3 is 5.97 Å². The molecule has 0 spiro atoms. The first-order valence-corrected chi connectivity index (χ1v) is 6.10. The number of rotatable bonds is 3. The van der Waals surface area contributed by atoms with Crippen molar-refractivity contribution in [3.8, 4) is 6.07 Å². The molecule has 0 aromatic heterocycles. The predicted molar refractivity (Wildman–Crippen MR) is 66.7 cm³/mol. The first-order chi connectivity index (χ1) is 9.51. The molecule has 1 atom stereocenters. The quantitative estimate of drug-likeness (QED) is 0.778. The molecular formula is C14H13FN2O3. The van der Waals surface area contributed by atoms with Crippen molar-refractivity contribution < 1.29 is 18.7 Å². The minimum absolute atomic E-state index is 0.100. The average molecular weight is 276 g/mol. The van der Waals surface area contributed by atoms with Gasteiger partial charge in [-0.2, -0.15) is 5.26 Å². The molecular weight excluding hydrogens is 263 g/mol. The molecule has 1 saturated heterocycles. The third kappa shape index (κ3) is 2.94. The van der Waals surface area contributed by atoms with E-state index in [-0.39, 0.29) is 30.1 Å². The van der Waals surface area contributed by atoms with Gasteiger partial charge in [-0.05, 0) is 12.1 Å². The number of halogens is 1. The van der Waals surface area contributed by atoms with Gasteiger partial charge < -0.3 is 9.64 Å². The lowest BCUT2D eigenvalue weighted by molar-refractivity contribution is -0.149. The number of hydrogen-bond acceptors (Lipinski definition) is 4. The Morgan fingerprint density at radius 2 is 2.35 bits per heavy atom. The summed E-state index contributed by atoms with van der Waals surface area (Å²) in [7, 11) is 1.62. The van der Waals surface area contributed by atoms with Crippen molar-refractivity contribution >= 4 is 11.9 Å². The number of nitriles is 1. The Balaban J connectivity index is 1.94. The van der Waals surface area contributed by atoms with E-state index in [9.17, 15) is 14.0 Å². The van der Waals surface area contributed by atoms with Crippen LogP contribution in [0.15, 0.2) is 18.2 Å². The van der Waals surface area contributed by atoms with Crippen LogP contribution < -0.4 is 0 Å². The van der Waals surface area contributed by atoms with Crippen molar-refractivity contribution in [3.05, 3.63) is 35.1 Å². The number of esters is 1. The molecule has 6 heteroatoms. The molecule has 1 fully saturated rings. The van der Waals surface area contributed by atoms with Crippen molar-refractivity contribution in [2.75, 3.05) is 13.6 Å². The number of hydrogen-bond donors (Lipinski definition) is 0. The van der Waals surface area contributed by atoms with Gasteiger partial charge in [0.2, 0.25) is 5.91 Å². The topological polar surface area (TPSA) is 70.4 Å². The Bertz CT molecular complexity index is 595. The molecule has 2 rings (SSSR count). The highest BCUT2D eigenvalue weighted by Gasteiger charge is 2.33. The summed E-state index contributed by atoms with van der Waals surface area (Å²) in [6.07, 6.45) is 0.130. The second-order valence-corrected chi connectivity index (χ2v) is 4.70. The molecule has 1 unspecified atom stereocenters. The molecule has 1 aliphatic rings. The molecule has 5 nitrogen and oxygen atoms in total. The zero-order chi connectivity index (χ0) is 14.7. The van der Waals surface area contributed by atoms with E-state index in [0.717, 1.165) is 6.07 Å². The lowest BCUT2D eigenvalue weighted by Gasteiger charge is -2.10. The molecule has 1 heterocycles. The number of amides is 1. The molecule has 1 aromatic carbocycles. The van der Waals surface area contributed by atoms with E-state index in [2.05, 4.69) is 0 Å². The summed E-state index contributed by atoms with van der Waals surface area (Å²) in [6.45, 7) is 0.123. The molecule has 104 valence electrons. The number of likely N-dealkylation sites (tertiary alicyclic amines) is 1. The zero-order valence-corrected chi connectivity index (χ0v) is 10.9. The standard InChI is InChI=1S/C14H13FN2O3/c1-17-7-11(5-13(17)18)14(19)20-8-10-3-2-9(6-16)4-12(10)15/h2-4,11H,5,7-8H2,1H3. The van der Waals surface area contributed by atoms with E-state index in [0.29, 0.717) is 6.54 Å². The maximum absolute atomic E-state index is 13.6. The Hall–Kier alpha value is -2.42. The van der Waals surface area contributed by atoms with Crippen LogP contribution in [-0.4, -0.2) is 30.4 Å². The van der Waals surface area contributed by atoms with Crippen molar-refractivity contribution in [2.24, 2.45) is 5.92 Å². The summed E-state index contributed by atoms with van der Waals surface area (Å²) in [4.78, 5) is 24.6. The highest BCUT2D eigenvalue weighted by Crippen LogP contribution is 2.19. The molecule has 0 saturated carbocycles. The van der Waals surface area contributed by atoms with E-state index < -0.39 is 17.7 Å². The van der Waals surface area contributed by atoms with Gasteiger partial charge in [0.05, 0.1) is 17.6 Å². The Morgan fingerprint density at radius 1 is 1.60 bits per heavy atom. The number of ether oxygens (including phenoxy) is 1. The van der Waals surface area contributed by atoms with Crippen LogP contribution in [-0.2, 0) is 20.9 Å². The SMILES string of the molecule is CN1CC(C(=O)OCc2ccc(C#N)cc2F)CC1=O. The van der Waals surface area contributed by atoms with Gasteiger partial charge in [-0.1, -0.05) is 6.07 Å². The third-order valence-corrected chi connectivity index (χ3v) is 3.23. The first kappa shape index (κ1) is 14.0. The second-order valence-electron chi connectivity index (χ2n) is 4.70. The molecule has 0 radical (unpaired) electrons. The van der Waals surface area contributed by atoms with Crippen LogP contribution in [0.2, 0.25) is 0 Å². The van der Waals surface area contributed by atoms with Gasteiger partial charge in [-0.15, -0.1) is 0 Å². The zero-order valence-electron chi connectivity index (χ0n) is 10.9. The van der Waals surface area contributed by atoms with Crippen LogP contribution in [0.3, 0.4) is 0 Å². The normalized spacial score (nSPS) is 17.9. The highest BCUT2D eigenvalue weighted by atomic mass is 19.1. The Labute approximate surface area is 115 Å². The summed E-state index contributed by atoms with van der Waals surface area (Å²) in [5.41, 5.74) is 0.413. The van der Waals surface area contributed by atoms with Gasteiger partial charge in [0.1, 0.15) is 12.4 Å². The van der Waals surface area contributed by atoms with Gasteiger partial charge in [0.15, 0.2) is 0 Å². The van der Waals surface area contributed by atoms with Crippen LogP contribution >= 0.6 is 0 Å². The van der Waals surface area contributed by atoms with E-state index >= 15 is 0 Å². The fraction of sp³-hybridized carbons (Fsp3) is 0.357. The maximum atomic E-state index is 13.6. The minimum atomic E-state index is -0.587. The van der Waals surface area contributed by atoms with Crippen LogP contribution in [0.4, 0.5) is 4.39 Å². The monoisotopic (exact) mass is 276 g/mol. The van der Waals surface area contributed by atoms with Gasteiger partial charge in [-0.3, -0.25) is 9.59 Å². The van der Waals surface area contributed by atoms with Crippen LogP contribution in [0.1, 0.15) is 17.5 Å². The molecule has 1 aliphatic heterocycles. The molecule has 0 aliphatic carbocycles. The van der Waals surface area contributed by atoms with Gasteiger partial charge in [-0.25, -0.2) is 4.39 Å². The summed E-state index contributed by atoms with van der Waals surface area (Å²) in [5.74, 6) is -1.69. The molecule has 20 heavy (non-hydrogen) atoms. The third-order valence-electron chi connectivity index (χ3n) is 3.23. The smallest absolute Gasteiger partial charge is 0.311 e. The van der Waals surface area contributed by atoms with E-state index in [4.69, 9.17) is 10.00 Å². The minimum Gasteiger partial charge on any atom is -0.460 e. The number of carbonyl (C=O) groups excluding carboxylic acids is 2. The predicted octanol–water partition coefficient (Wildman–Crippen LogP) is 1.22. The van der Waals surface area contributed by atoms with Crippen LogP contribution in [0.25, 0.3) is 0 Å². The maximum Gasteiger partial charge on any atom is 0.311 e. The lowest BCUT2D eigenvalue weighted by atomic mass is 10.1. The highest BCUT2D eigenvalue weighted by molar-refractivity contribution is 5.86. The van der Waals surface area contributed by atoms with Crippen molar-refractivity contribution in [1.82, 2.24) is 4.90 Å². The van der Waals surface area contributed by atoms with Crippen LogP contribution in [0, 0.1) is 23.1 Å². The van der Waals surface area contributed by atoms with E-state index in [1.54, 1.807) is 7.05 Å². The fourth-order valence-corrected chi connectivity index (χ4v) is 2.02. The second kappa shape index (κ2) is 5.70. The van der Waals surface area contributed by atoms with Gasteiger partial charge in [0.25, 0.3) is 0 Å². The molecule has 1 aromatic rings. The lowest BCUT2D eigenvalue weighted by Crippen LogP contribution is -2.22. The Kier molecular flexibility index (Phi) is 3.99. The van der Waals surface area contributed by atoms with Crippen molar-refractivity contribution in [2.45, 2.75) is 13.0 Å². The number of nitrogens with zero attached hydrogens (tertiary/aromatic N) is 2. The average Bonchev–Trinajstić information content (AvgIpc) is 2.77. The summed E-state index contributed by atoms with van der Waals surface area (Å²) in [6, 6.07) is 5.78. The van der Waals surface area contributed by atoms with Crippen molar-refractivity contribution in [1.29, 1.82) is 5.26 Å². The number of benzene rings is 1. The summed E-state index contributed by atoms with van der Waals surface area (Å²) >= 11 is 0. The van der Waals surface area contributed by atoms with Crippen LogP contribution in [0.5, 0.6) is 0 Å². The molecule has 1 amide bonds. The fourth-order valence-electron chi connectivity index (χ4n) is 2.02. The van der Waals surface area contributed by atoms with Gasteiger partial charge in [0, 0.05) is 25.6 Å². The largest absolute Gasteiger partial charge is 0.460 e.